The van der Waals surface area contributed by atoms with Gasteiger partial charge in [-0.1, -0.05) is 13.8 Å². The highest BCUT2D eigenvalue weighted by Gasteiger charge is 2.32. The number of benzene rings is 1. The standard InChI is InChI=1S/C14H19FN2O/c1-14(2)6-5-10(8-14)17-13(18)11-7-9(16)3-4-12(11)15/h3-4,7,10H,5-6,8,16H2,1-2H3,(H,17,18). The third-order valence-electron chi connectivity index (χ3n) is 3.54. The molecule has 0 radical (unpaired) electrons. The van der Waals surface area contributed by atoms with Gasteiger partial charge in [-0.15, -0.1) is 0 Å². The van der Waals surface area contributed by atoms with Crippen LogP contribution in [0.25, 0.3) is 0 Å². The van der Waals surface area contributed by atoms with Gasteiger partial charge in [-0.25, -0.2) is 4.39 Å². The van der Waals surface area contributed by atoms with Gasteiger partial charge in [-0.05, 0) is 42.9 Å². The highest BCUT2D eigenvalue weighted by Crippen LogP contribution is 2.37. The first kappa shape index (κ1) is 12.9. The summed E-state index contributed by atoms with van der Waals surface area (Å²) in [6.07, 6.45) is 2.96. The number of nitrogens with two attached hydrogens (primary N) is 1. The minimum Gasteiger partial charge on any atom is -0.399 e. The number of carbonyl (C=O) groups is 1. The summed E-state index contributed by atoms with van der Waals surface area (Å²) in [5.41, 5.74) is 6.25. The maximum absolute atomic E-state index is 13.5. The molecule has 3 N–H and O–H groups in total. The van der Waals surface area contributed by atoms with Gasteiger partial charge in [0.2, 0.25) is 0 Å². The first-order valence-corrected chi connectivity index (χ1v) is 6.23. The molecule has 2 rings (SSSR count). The van der Waals surface area contributed by atoms with Gasteiger partial charge in [0.15, 0.2) is 0 Å². The van der Waals surface area contributed by atoms with Gasteiger partial charge in [0.05, 0.1) is 5.56 Å². The first-order chi connectivity index (χ1) is 8.37. The van der Waals surface area contributed by atoms with E-state index in [-0.39, 0.29) is 22.9 Å². The van der Waals surface area contributed by atoms with Gasteiger partial charge >= 0.3 is 0 Å². The maximum atomic E-state index is 13.5. The topological polar surface area (TPSA) is 55.1 Å². The molecule has 1 aromatic rings. The van der Waals surface area contributed by atoms with Crippen LogP contribution in [0.1, 0.15) is 43.5 Å². The molecule has 1 aromatic carbocycles. The predicted octanol–water partition coefficient (Wildman–Crippen LogP) is 2.72. The second-order valence-electron chi connectivity index (χ2n) is 5.82. The van der Waals surface area contributed by atoms with E-state index in [1.54, 1.807) is 0 Å². The maximum Gasteiger partial charge on any atom is 0.254 e. The van der Waals surface area contributed by atoms with Crippen molar-refractivity contribution in [2.75, 3.05) is 5.73 Å². The average molecular weight is 250 g/mol. The Balaban J connectivity index is 2.06. The highest BCUT2D eigenvalue weighted by molar-refractivity contribution is 5.95. The van der Waals surface area contributed by atoms with Crippen molar-refractivity contribution in [3.63, 3.8) is 0 Å². The number of hydrogen-bond donors (Lipinski definition) is 2. The van der Waals surface area contributed by atoms with Gasteiger partial charge in [-0.2, -0.15) is 0 Å². The molecule has 1 amide bonds. The van der Waals surface area contributed by atoms with Crippen LogP contribution in [0.3, 0.4) is 0 Å². The molecule has 1 aliphatic carbocycles. The number of nitrogens with one attached hydrogen (secondary N) is 1. The van der Waals surface area contributed by atoms with Crippen molar-refractivity contribution in [1.82, 2.24) is 5.32 Å². The summed E-state index contributed by atoms with van der Waals surface area (Å²) in [5, 5.41) is 2.88. The van der Waals surface area contributed by atoms with Crippen molar-refractivity contribution in [3.05, 3.63) is 29.6 Å². The van der Waals surface area contributed by atoms with Gasteiger partial charge in [0, 0.05) is 11.7 Å². The molecular formula is C14H19FN2O. The van der Waals surface area contributed by atoms with Crippen molar-refractivity contribution in [2.24, 2.45) is 5.41 Å². The molecule has 1 atom stereocenters. The van der Waals surface area contributed by atoms with Gasteiger partial charge < -0.3 is 11.1 Å². The van der Waals surface area contributed by atoms with E-state index in [1.807, 2.05) is 0 Å². The van der Waals surface area contributed by atoms with Gasteiger partial charge in [0.25, 0.3) is 5.91 Å². The van der Waals surface area contributed by atoms with Crippen LogP contribution in [-0.2, 0) is 0 Å². The zero-order valence-electron chi connectivity index (χ0n) is 10.8. The summed E-state index contributed by atoms with van der Waals surface area (Å²) in [7, 11) is 0. The van der Waals surface area contributed by atoms with Crippen molar-refractivity contribution >= 4 is 11.6 Å². The minimum absolute atomic E-state index is 0.0275. The lowest BCUT2D eigenvalue weighted by Crippen LogP contribution is -2.34. The van der Waals surface area contributed by atoms with Crippen molar-refractivity contribution in [2.45, 2.75) is 39.2 Å². The Kier molecular flexibility index (Phi) is 3.28. The Hall–Kier alpha value is -1.58. The van der Waals surface area contributed by atoms with Gasteiger partial charge in [0.1, 0.15) is 5.82 Å². The van der Waals surface area contributed by atoms with Crippen LogP contribution in [0.2, 0.25) is 0 Å². The molecule has 3 nitrogen and oxygen atoms in total. The Morgan fingerprint density at radius 2 is 2.22 bits per heavy atom. The Morgan fingerprint density at radius 3 is 2.83 bits per heavy atom. The molecule has 0 bridgehead atoms. The molecule has 98 valence electrons. The third-order valence-corrected chi connectivity index (χ3v) is 3.54. The largest absolute Gasteiger partial charge is 0.399 e. The molecule has 0 saturated heterocycles. The normalized spacial score (nSPS) is 21.8. The average Bonchev–Trinajstić information content (AvgIpc) is 2.61. The highest BCUT2D eigenvalue weighted by atomic mass is 19.1. The van der Waals surface area contributed by atoms with Crippen molar-refractivity contribution in [1.29, 1.82) is 0 Å². The number of halogens is 1. The number of anilines is 1. The van der Waals surface area contributed by atoms with E-state index in [0.717, 1.165) is 19.3 Å². The molecule has 0 spiro atoms. The summed E-state index contributed by atoms with van der Waals surface area (Å²) in [6.45, 7) is 4.36. The SMILES string of the molecule is CC1(C)CCC(NC(=O)c2cc(N)ccc2F)C1. The summed E-state index contributed by atoms with van der Waals surface area (Å²) in [4.78, 5) is 12.0. The van der Waals surface area contributed by atoms with Crippen LogP contribution in [0.4, 0.5) is 10.1 Å². The van der Waals surface area contributed by atoms with Crippen LogP contribution < -0.4 is 11.1 Å². The van der Waals surface area contributed by atoms with E-state index in [0.29, 0.717) is 5.69 Å². The molecular weight excluding hydrogens is 231 g/mol. The molecule has 0 aromatic heterocycles. The van der Waals surface area contributed by atoms with E-state index < -0.39 is 5.82 Å². The Labute approximate surface area is 107 Å². The van der Waals surface area contributed by atoms with Gasteiger partial charge in [-0.3, -0.25) is 4.79 Å². The molecule has 4 heteroatoms. The zero-order chi connectivity index (χ0) is 13.3. The quantitative estimate of drug-likeness (QED) is 0.793. The lowest BCUT2D eigenvalue weighted by molar-refractivity contribution is 0.0932. The lowest BCUT2D eigenvalue weighted by Gasteiger charge is -2.18. The molecule has 1 aliphatic rings. The van der Waals surface area contributed by atoms with Crippen molar-refractivity contribution in [3.8, 4) is 0 Å². The fourth-order valence-electron chi connectivity index (χ4n) is 2.54. The molecule has 0 heterocycles. The second-order valence-corrected chi connectivity index (χ2v) is 5.82. The second kappa shape index (κ2) is 4.59. The van der Waals surface area contributed by atoms with E-state index in [2.05, 4.69) is 19.2 Å². The van der Waals surface area contributed by atoms with E-state index >= 15 is 0 Å². The van der Waals surface area contributed by atoms with Crippen LogP contribution in [0, 0.1) is 11.2 Å². The molecule has 1 unspecified atom stereocenters. The molecule has 1 saturated carbocycles. The predicted molar refractivity (Wildman–Crippen MR) is 69.7 cm³/mol. The third kappa shape index (κ3) is 2.81. The van der Waals surface area contributed by atoms with E-state index in [9.17, 15) is 9.18 Å². The molecule has 1 fully saturated rings. The number of nitrogen functional groups attached to an aromatic ring is 1. The minimum atomic E-state index is -0.529. The molecule has 18 heavy (non-hydrogen) atoms. The summed E-state index contributed by atoms with van der Waals surface area (Å²) < 4.78 is 13.5. The first-order valence-electron chi connectivity index (χ1n) is 6.23. The number of amides is 1. The van der Waals surface area contributed by atoms with E-state index in [1.165, 1.54) is 18.2 Å². The van der Waals surface area contributed by atoms with Crippen LogP contribution >= 0.6 is 0 Å². The zero-order valence-corrected chi connectivity index (χ0v) is 10.8. The smallest absolute Gasteiger partial charge is 0.254 e. The lowest BCUT2D eigenvalue weighted by atomic mass is 9.92. The summed E-state index contributed by atoms with van der Waals surface area (Å²) in [6, 6.07) is 4.19. The summed E-state index contributed by atoms with van der Waals surface area (Å²) in [5.74, 6) is -0.901. The fourth-order valence-corrected chi connectivity index (χ4v) is 2.54. The Morgan fingerprint density at radius 1 is 1.50 bits per heavy atom. The Bertz CT molecular complexity index is 471. The van der Waals surface area contributed by atoms with E-state index in [4.69, 9.17) is 5.73 Å². The monoisotopic (exact) mass is 250 g/mol. The van der Waals surface area contributed by atoms with Crippen LogP contribution in [-0.4, -0.2) is 11.9 Å². The van der Waals surface area contributed by atoms with Crippen LogP contribution in [0.5, 0.6) is 0 Å². The summed E-state index contributed by atoms with van der Waals surface area (Å²) >= 11 is 0. The number of carbonyl (C=O) groups excluding carboxylic acids is 1. The molecule has 0 aliphatic heterocycles. The van der Waals surface area contributed by atoms with Crippen molar-refractivity contribution < 1.29 is 9.18 Å². The van der Waals surface area contributed by atoms with Crippen LogP contribution in [0.15, 0.2) is 18.2 Å². The number of hydrogen-bond acceptors (Lipinski definition) is 2. The number of rotatable bonds is 2. The fraction of sp³-hybridized carbons (Fsp3) is 0.500.